The molecule has 0 bridgehead atoms. The van der Waals surface area contributed by atoms with Crippen LogP contribution in [-0.4, -0.2) is 24.2 Å². The minimum atomic E-state index is -0.878. The number of carbonyl (C=O) groups excluding carboxylic acids is 1. The Labute approximate surface area is 125 Å². The summed E-state index contributed by atoms with van der Waals surface area (Å²) in [5, 5.41) is 0. The normalized spacial score (nSPS) is 27.4. The molecule has 1 aromatic rings. The highest BCUT2D eigenvalue weighted by molar-refractivity contribution is 5.81. The van der Waals surface area contributed by atoms with E-state index in [2.05, 4.69) is 12.1 Å². The molecule has 0 spiro atoms. The molecule has 1 fully saturated rings. The average molecular weight is 289 g/mol. The zero-order valence-electron chi connectivity index (χ0n) is 12.6. The van der Waals surface area contributed by atoms with Gasteiger partial charge in [0.05, 0.1) is 6.61 Å². The summed E-state index contributed by atoms with van der Waals surface area (Å²) in [6.45, 7) is 2.17. The summed E-state index contributed by atoms with van der Waals surface area (Å²) in [7, 11) is 0. The minimum absolute atomic E-state index is 0.00106. The molecule has 1 aromatic carbocycles. The Morgan fingerprint density at radius 1 is 1.38 bits per heavy atom. The lowest BCUT2D eigenvalue weighted by molar-refractivity contribution is -0.149. The van der Waals surface area contributed by atoms with Crippen molar-refractivity contribution in [3.63, 3.8) is 0 Å². The first-order chi connectivity index (χ1) is 10.1. The van der Waals surface area contributed by atoms with E-state index in [0.29, 0.717) is 19.4 Å². The number of nitrogens with two attached hydrogens (primary N) is 1. The number of rotatable bonds is 4. The first-order valence-corrected chi connectivity index (χ1v) is 7.85. The summed E-state index contributed by atoms with van der Waals surface area (Å²) in [6, 6.07) is 6.34. The highest BCUT2D eigenvalue weighted by Crippen LogP contribution is 2.33. The van der Waals surface area contributed by atoms with Gasteiger partial charge < -0.3 is 15.2 Å². The smallest absolute Gasteiger partial charge is 0.326 e. The second-order valence-corrected chi connectivity index (χ2v) is 6.14. The molecule has 2 unspecified atom stereocenters. The largest absolute Gasteiger partial charge is 0.490 e. The molecule has 0 aliphatic heterocycles. The summed E-state index contributed by atoms with van der Waals surface area (Å²) in [5.74, 6) is 0.596. The van der Waals surface area contributed by atoms with Gasteiger partial charge in [0.2, 0.25) is 0 Å². The molecule has 3 rings (SSSR count). The molecule has 2 aliphatic carbocycles. The summed E-state index contributed by atoms with van der Waals surface area (Å²) in [5.41, 5.74) is 8.13. The van der Waals surface area contributed by atoms with Crippen molar-refractivity contribution < 1.29 is 14.3 Å². The zero-order valence-corrected chi connectivity index (χ0v) is 12.6. The molecule has 0 radical (unpaired) electrons. The van der Waals surface area contributed by atoms with Gasteiger partial charge >= 0.3 is 5.97 Å². The van der Waals surface area contributed by atoms with E-state index in [4.69, 9.17) is 15.2 Å². The van der Waals surface area contributed by atoms with Gasteiger partial charge in [-0.1, -0.05) is 6.07 Å². The average Bonchev–Trinajstić information content (AvgIpc) is 3.06. The topological polar surface area (TPSA) is 61.5 Å². The van der Waals surface area contributed by atoms with Crippen LogP contribution in [0.15, 0.2) is 18.2 Å². The van der Waals surface area contributed by atoms with Crippen LogP contribution in [0.4, 0.5) is 0 Å². The van der Waals surface area contributed by atoms with Crippen LogP contribution in [0.5, 0.6) is 5.75 Å². The number of fused-ring (bicyclic) bond motifs is 1. The first-order valence-electron chi connectivity index (χ1n) is 7.85. The van der Waals surface area contributed by atoms with Gasteiger partial charge in [-0.3, -0.25) is 4.79 Å². The highest BCUT2D eigenvalue weighted by Gasteiger charge is 2.44. The van der Waals surface area contributed by atoms with Gasteiger partial charge in [-0.2, -0.15) is 0 Å². The molecule has 0 saturated heterocycles. The van der Waals surface area contributed by atoms with Crippen LogP contribution >= 0.6 is 0 Å². The summed E-state index contributed by atoms with van der Waals surface area (Å²) in [4.78, 5) is 11.9. The molecule has 2 N–H and O–H groups in total. The number of esters is 1. The second-order valence-electron chi connectivity index (χ2n) is 6.14. The van der Waals surface area contributed by atoms with E-state index in [1.807, 2.05) is 6.07 Å². The highest BCUT2D eigenvalue weighted by atomic mass is 16.5. The monoisotopic (exact) mass is 289 g/mol. The molecule has 21 heavy (non-hydrogen) atoms. The van der Waals surface area contributed by atoms with Crippen LogP contribution in [0.3, 0.4) is 0 Å². The van der Waals surface area contributed by atoms with E-state index < -0.39 is 5.54 Å². The maximum absolute atomic E-state index is 11.9. The molecule has 4 heteroatoms. The van der Waals surface area contributed by atoms with E-state index in [9.17, 15) is 4.79 Å². The minimum Gasteiger partial charge on any atom is -0.490 e. The molecule has 0 amide bonds. The van der Waals surface area contributed by atoms with Crippen molar-refractivity contribution in [2.24, 2.45) is 5.73 Å². The molecule has 2 aliphatic rings. The number of hydrogen-bond donors (Lipinski definition) is 1. The Balaban J connectivity index is 1.63. The van der Waals surface area contributed by atoms with Crippen LogP contribution in [0, 0.1) is 0 Å². The molecule has 4 nitrogen and oxygen atoms in total. The van der Waals surface area contributed by atoms with E-state index in [1.54, 1.807) is 6.92 Å². The molecule has 114 valence electrons. The third-order valence-electron chi connectivity index (χ3n) is 4.56. The lowest BCUT2D eigenvalue weighted by Crippen LogP contribution is -2.47. The van der Waals surface area contributed by atoms with Gasteiger partial charge in [0, 0.05) is 6.42 Å². The molecular weight excluding hydrogens is 266 g/mol. The number of benzene rings is 1. The maximum Gasteiger partial charge on any atom is 0.326 e. The summed E-state index contributed by atoms with van der Waals surface area (Å²) < 4.78 is 11.1. The molecule has 0 heterocycles. The Kier molecular flexibility index (Phi) is 3.89. The quantitative estimate of drug-likeness (QED) is 0.864. The second kappa shape index (κ2) is 5.68. The third-order valence-corrected chi connectivity index (χ3v) is 4.56. The lowest BCUT2D eigenvalue weighted by atomic mass is 9.99. The van der Waals surface area contributed by atoms with E-state index in [0.717, 1.165) is 18.6 Å². The van der Waals surface area contributed by atoms with Crippen LogP contribution in [0.2, 0.25) is 0 Å². The van der Waals surface area contributed by atoms with Crippen molar-refractivity contribution >= 4 is 5.97 Å². The van der Waals surface area contributed by atoms with Crippen molar-refractivity contribution in [3.8, 4) is 5.75 Å². The van der Waals surface area contributed by atoms with Gasteiger partial charge in [-0.15, -0.1) is 0 Å². The first kappa shape index (κ1) is 14.4. The standard InChI is InChI=1S/C17H23NO3/c1-2-20-16(19)17(18)9-8-15(11-17)21-14-7-6-12-4-3-5-13(12)10-14/h6-7,10,15H,2-5,8-9,11,18H2,1H3. The predicted molar refractivity (Wildman–Crippen MR) is 80.3 cm³/mol. The van der Waals surface area contributed by atoms with Crippen molar-refractivity contribution in [1.82, 2.24) is 0 Å². The van der Waals surface area contributed by atoms with Crippen molar-refractivity contribution in [2.75, 3.05) is 6.61 Å². The van der Waals surface area contributed by atoms with Crippen LogP contribution < -0.4 is 10.5 Å². The summed E-state index contributed by atoms with van der Waals surface area (Å²) >= 11 is 0. The third kappa shape index (κ3) is 2.91. The van der Waals surface area contributed by atoms with Gasteiger partial charge in [0.15, 0.2) is 0 Å². The molecule has 0 aromatic heterocycles. The van der Waals surface area contributed by atoms with E-state index >= 15 is 0 Å². The Morgan fingerprint density at radius 3 is 3.00 bits per heavy atom. The van der Waals surface area contributed by atoms with Crippen molar-refractivity contribution in [3.05, 3.63) is 29.3 Å². The summed E-state index contributed by atoms with van der Waals surface area (Å²) in [6.07, 6.45) is 5.50. The van der Waals surface area contributed by atoms with Crippen LogP contribution in [0.25, 0.3) is 0 Å². The SMILES string of the molecule is CCOC(=O)C1(N)CCC(Oc2ccc3c(c2)CCC3)C1. The fourth-order valence-electron chi connectivity index (χ4n) is 3.40. The van der Waals surface area contributed by atoms with E-state index in [1.165, 1.54) is 24.0 Å². The molecular formula is C17H23NO3. The molecule has 2 atom stereocenters. The van der Waals surface area contributed by atoms with Gasteiger partial charge in [0.1, 0.15) is 17.4 Å². The van der Waals surface area contributed by atoms with Gasteiger partial charge in [-0.25, -0.2) is 0 Å². The Hall–Kier alpha value is -1.55. The number of ether oxygens (including phenoxy) is 2. The van der Waals surface area contributed by atoms with Crippen molar-refractivity contribution in [2.45, 2.75) is 57.1 Å². The number of aryl methyl sites for hydroxylation is 2. The van der Waals surface area contributed by atoms with Gasteiger partial charge in [-0.05, 0) is 62.3 Å². The number of hydrogen-bond acceptors (Lipinski definition) is 4. The zero-order chi connectivity index (χ0) is 14.9. The maximum atomic E-state index is 11.9. The van der Waals surface area contributed by atoms with Crippen molar-refractivity contribution in [1.29, 1.82) is 0 Å². The van der Waals surface area contributed by atoms with Gasteiger partial charge in [0.25, 0.3) is 0 Å². The number of carbonyl (C=O) groups is 1. The van der Waals surface area contributed by atoms with Crippen LogP contribution in [0.1, 0.15) is 43.7 Å². The fourth-order valence-corrected chi connectivity index (χ4v) is 3.40. The molecule has 1 saturated carbocycles. The fraction of sp³-hybridized carbons (Fsp3) is 0.588. The Morgan fingerprint density at radius 2 is 2.19 bits per heavy atom. The Bertz CT molecular complexity index is 543. The van der Waals surface area contributed by atoms with E-state index in [-0.39, 0.29) is 12.1 Å². The predicted octanol–water partition coefficient (Wildman–Crippen LogP) is 2.37. The lowest BCUT2D eigenvalue weighted by Gasteiger charge is -2.21. The van der Waals surface area contributed by atoms with Crippen LogP contribution in [-0.2, 0) is 22.4 Å².